The topological polar surface area (TPSA) is 66.9 Å². The van der Waals surface area contributed by atoms with Gasteiger partial charge in [0.25, 0.3) is 0 Å². The van der Waals surface area contributed by atoms with Crippen molar-refractivity contribution in [1.82, 2.24) is 9.80 Å². The summed E-state index contributed by atoms with van der Waals surface area (Å²) in [7, 11) is 1.34. The van der Waals surface area contributed by atoms with Gasteiger partial charge in [0.2, 0.25) is 5.91 Å². The van der Waals surface area contributed by atoms with Crippen LogP contribution in [0.4, 0.5) is 4.79 Å². The molecule has 0 aliphatic carbocycles. The maximum absolute atomic E-state index is 11.7. The van der Waals surface area contributed by atoms with Crippen LogP contribution in [-0.4, -0.2) is 60.9 Å². The number of carbonyl (C=O) groups is 3. The molecule has 0 aromatic heterocycles. The first-order valence-electron chi connectivity index (χ1n) is 5.64. The van der Waals surface area contributed by atoms with Crippen LogP contribution in [0.5, 0.6) is 0 Å². The molecule has 1 fully saturated rings. The second kappa shape index (κ2) is 6.22. The minimum absolute atomic E-state index is 0.0200. The Labute approximate surface area is 101 Å². The summed E-state index contributed by atoms with van der Waals surface area (Å²) in [6.45, 7) is 3.46. The van der Waals surface area contributed by atoms with E-state index in [2.05, 4.69) is 4.74 Å². The van der Waals surface area contributed by atoms with E-state index >= 15 is 0 Å². The molecule has 0 radical (unpaired) electrons. The minimum Gasteiger partial charge on any atom is -0.453 e. The van der Waals surface area contributed by atoms with Crippen LogP contribution in [0.2, 0.25) is 0 Å². The molecule has 1 heterocycles. The smallest absolute Gasteiger partial charge is 0.409 e. The molecule has 0 atom stereocenters. The van der Waals surface area contributed by atoms with E-state index in [1.807, 2.05) is 0 Å². The number of methoxy groups -OCH3 is 1. The van der Waals surface area contributed by atoms with Gasteiger partial charge in [-0.15, -0.1) is 0 Å². The third-order valence-electron chi connectivity index (χ3n) is 2.76. The van der Waals surface area contributed by atoms with Gasteiger partial charge in [-0.25, -0.2) is 4.79 Å². The van der Waals surface area contributed by atoms with Gasteiger partial charge in [0.15, 0.2) is 0 Å². The van der Waals surface area contributed by atoms with Gasteiger partial charge in [-0.05, 0) is 6.92 Å². The molecule has 1 saturated heterocycles. The maximum atomic E-state index is 11.7. The highest BCUT2D eigenvalue weighted by Gasteiger charge is 2.24. The molecule has 96 valence electrons. The first-order valence-corrected chi connectivity index (χ1v) is 5.64. The number of hydrogen-bond acceptors (Lipinski definition) is 4. The molecule has 0 spiro atoms. The van der Waals surface area contributed by atoms with E-state index in [-0.39, 0.29) is 30.6 Å². The van der Waals surface area contributed by atoms with Crippen molar-refractivity contribution in [2.45, 2.75) is 19.8 Å². The third-order valence-corrected chi connectivity index (χ3v) is 2.76. The highest BCUT2D eigenvalue weighted by molar-refractivity contribution is 5.83. The first kappa shape index (κ1) is 13.5. The normalized spacial score (nSPS) is 15.6. The lowest BCUT2D eigenvalue weighted by molar-refractivity contribution is -0.134. The molecule has 0 N–H and O–H groups in total. The number of hydrogen-bond donors (Lipinski definition) is 0. The minimum atomic E-state index is -0.360. The predicted octanol–water partition coefficient (Wildman–Crippen LogP) is 0.266. The van der Waals surface area contributed by atoms with Gasteiger partial charge in [-0.2, -0.15) is 0 Å². The Bertz CT molecular complexity index is 309. The van der Waals surface area contributed by atoms with Crippen LogP contribution in [0.1, 0.15) is 19.8 Å². The summed E-state index contributed by atoms with van der Waals surface area (Å²) >= 11 is 0. The van der Waals surface area contributed by atoms with Crippen LogP contribution >= 0.6 is 0 Å². The monoisotopic (exact) mass is 242 g/mol. The summed E-state index contributed by atoms with van der Waals surface area (Å²) in [6, 6.07) is 0. The molecule has 2 amide bonds. The zero-order chi connectivity index (χ0) is 12.8. The van der Waals surface area contributed by atoms with Crippen molar-refractivity contribution in [3.8, 4) is 0 Å². The van der Waals surface area contributed by atoms with Crippen molar-refractivity contribution >= 4 is 17.8 Å². The molecule has 1 aliphatic rings. The van der Waals surface area contributed by atoms with E-state index in [0.29, 0.717) is 26.2 Å². The molecule has 0 aromatic carbocycles. The fraction of sp³-hybridized carbons (Fsp3) is 0.727. The fourth-order valence-corrected chi connectivity index (χ4v) is 1.71. The standard InChI is InChI=1S/C11H18N2O4/c1-9(14)3-4-10(15)12-5-7-13(8-6-12)11(16)17-2/h3-8H2,1-2H3. The molecule has 0 bridgehead atoms. The SMILES string of the molecule is COC(=O)N1CCN(C(=O)CCC(C)=O)CC1. The largest absolute Gasteiger partial charge is 0.453 e. The molecule has 0 aromatic rings. The summed E-state index contributed by atoms with van der Waals surface area (Å²) in [4.78, 5) is 36.9. The molecule has 1 aliphatic heterocycles. The molecule has 1 rings (SSSR count). The summed E-state index contributed by atoms with van der Waals surface area (Å²) in [5.74, 6) is -0.00346. The van der Waals surface area contributed by atoms with Crippen LogP contribution in [0.25, 0.3) is 0 Å². The van der Waals surface area contributed by atoms with E-state index in [1.165, 1.54) is 14.0 Å². The molecule has 0 saturated carbocycles. The van der Waals surface area contributed by atoms with Gasteiger partial charge in [-0.3, -0.25) is 4.79 Å². The highest BCUT2D eigenvalue weighted by Crippen LogP contribution is 2.06. The van der Waals surface area contributed by atoms with Crippen LogP contribution in [0.3, 0.4) is 0 Å². The van der Waals surface area contributed by atoms with E-state index in [9.17, 15) is 14.4 Å². The number of Topliss-reactive ketones (excluding diaryl/α,β-unsaturated/α-hetero) is 1. The van der Waals surface area contributed by atoms with Gasteiger partial charge in [-0.1, -0.05) is 0 Å². The lowest BCUT2D eigenvalue weighted by Gasteiger charge is -2.33. The summed E-state index contributed by atoms with van der Waals surface area (Å²) in [5.41, 5.74) is 0. The molecule has 6 nitrogen and oxygen atoms in total. The molecule has 0 unspecified atom stereocenters. The average molecular weight is 242 g/mol. The van der Waals surface area contributed by atoms with Crippen molar-refractivity contribution in [3.63, 3.8) is 0 Å². The van der Waals surface area contributed by atoms with Crippen molar-refractivity contribution in [2.24, 2.45) is 0 Å². The summed E-state index contributed by atoms with van der Waals surface area (Å²) in [5, 5.41) is 0. The Morgan fingerprint density at radius 2 is 1.53 bits per heavy atom. The average Bonchev–Trinajstić information content (AvgIpc) is 2.35. The van der Waals surface area contributed by atoms with Crippen LogP contribution in [0, 0.1) is 0 Å². The highest BCUT2D eigenvalue weighted by atomic mass is 16.5. The molecular weight excluding hydrogens is 224 g/mol. The van der Waals surface area contributed by atoms with E-state index in [0.717, 1.165) is 0 Å². The second-order valence-corrected chi connectivity index (χ2v) is 4.04. The van der Waals surface area contributed by atoms with Crippen molar-refractivity contribution in [1.29, 1.82) is 0 Å². The van der Waals surface area contributed by atoms with Crippen LogP contribution in [0.15, 0.2) is 0 Å². The number of nitrogens with zero attached hydrogens (tertiary/aromatic N) is 2. The van der Waals surface area contributed by atoms with Crippen LogP contribution < -0.4 is 0 Å². The summed E-state index contributed by atoms with van der Waals surface area (Å²) in [6.07, 6.45) is 0.185. The molecule has 6 heteroatoms. The second-order valence-electron chi connectivity index (χ2n) is 4.04. The van der Waals surface area contributed by atoms with E-state index < -0.39 is 0 Å². The lowest BCUT2D eigenvalue weighted by Crippen LogP contribution is -2.50. The van der Waals surface area contributed by atoms with Gasteiger partial charge in [0.05, 0.1) is 7.11 Å². The van der Waals surface area contributed by atoms with Crippen molar-refractivity contribution in [3.05, 3.63) is 0 Å². The Kier molecular flexibility index (Phi) is 4.93. The first-order chi connectivity index (χ1) is 8.04. The Balaban J connectivity index is 2.33. The van der Waals surface area contributed by atoms with E-state index in [1.54, 1.807) is 9.80 Å². The number of rotatable bonds is 3. The third kappa shape index (κ3) is 4.05. The van der Waals surface area contributed by atoms with Crippen LogP contribution in [-0.2, 0) is 14.3 Å². The maximum Gasteiger partial charge on any atom is 0.409 e. The number of piperazine rings is 1. The Morgan fingerprint density at radius 3 is 2.00 bits per heavy atom. The van der Waals surface area contributed by atoms with Crippen molar-refractivity contribution < 1.29 is 19.1 Å². The molecular formula is C11H18N2O4. The predicted molar refractivity (Wildman–Crippen MR) is 60.5 cm³/mol. The lowest BCUT2D eigenvalue weighted by atomic mass is 10.2. The zero-order valence-electron chi connectivity index (χ0n) is 10.3. The number of ether oxygens (including phenoxy) is 1. The van der Waals surface area contributed by atoms with Gasteiger partial charge in [0.1, 0.15) is 5.78 Å². The number of ketones is 1. The molecule has 17 heavy (non-hydrogen) atoms. The summed E-state index contributed by atoms with van der Waals surface area (Å²) < 4.78 is 4.60. The number of amides is 2. The Hall–Kier alpha value is -1.59. The fourth-order valence-electron chi connectivity index (χ4n) is 1.71. The van der Waals surface area contributed by atoms with Gasteiger partial charge in [0, 0.05) is 39.0 Å². The zero-order valence-corrected chi connectivity index (χ0v) is 10.3. The number of carbonyl (C=O) groups excluding carboxylic acids is 3. The van der Waals surface area contributed by atoms with Gasteiger partial charge < -0.3 is 19.3 Å². The van der Waals surface area contributed by atoms with Gasteiger partial charge >= 0.3 is 6.09 Å². The van der Waals surface area contributed by atoms with Crippen molar-refractivity contribution in [2.75, 3.05) is 33.3 Å². The van der Waals surface area contributed by atoms with E-state index in [4.69, 9.17) is 0 Å². The quantitative estimate of drug-likeness (QED) is 0.712. The Morgan fingerprint density at radius 1 is 1.00 bits per heavy atom.